The lowest BCUT2D eigenvalue weighted by atomic mass is 10.1. The van der Waals surface area contributed by atoms with Gasteiger partial charge in [0.15, 0.2) is 11.5 Å². The van der Waals surface area contributed by atoms with Crippen molar-refractivity contribution in [1.29, 1.82) is 0 Å². The van der Waals surface area contributed by atoms with Crippen molar-refractivity contribution in [2.24, 2.45) is 5.73 Å². The Bertz CT molecular complexity index is 1010. The molecule has 0 spiro atoms. The van der Waals surface area contributed by atoms with Gasteiger partial charge in [-0.05, 0) is 29.3 Å². The Morgan fingerprint density at radius 3 is 2.64 bits per heavy atom. The van der Waals surface area contributed by atoms with Gasteiger partial charge in [-0.25, -0.2) is 18.7 Å². The van der Waals surface area contributed by atoms with E-state index in [1.54, 1.807) is 0 Å². The smallest absolute Gasteiger partial charge is 0.271 e. The highest BCUT2D eigenvalue weighted by Gasteiger charge is 2.11. The molecule has 3 aromatic rings. The minimum absolute atomic E-state index is 0.00113. The van der Waals surface area contributed by atoms with Crippen LogP contribution in [0.1, 0.15) is 32.9 Å². The Morgan fingerprint density at radius 2 is 1.86 bits per heavy atom. The largest absolute Gasteiger partial charge is 0.382 e. The number of hydrogen-bond acceptors (Lipinski definition) is 5. The first kappa shape index (κ1) is 19.4. The fourth-order valence-electron chi connectivity index (χ4n) is 2.78. The third kappa shape index (κ3) is 4.86. The quantitative estimate of drug-likeness (QED) is 0.580. The lowest BCUT2D eigenvalue weighted by Crippen LogP contribution is -2.17. The van der Waals surface area contributed by atoms with Gasteiger partial charge in [-0.15, -0.1) is 0 Å². The zero-order valence-electron chi connectivity index (χ0n) is 15.0. The van der Waals surface area contributed by atoms with Crippen LogP contribution in [0.25, 0.3) is 0 Å². The van der Waals surface area contributed by atoms with E-state index in [1.807, 2.05) is 24.3 Å². The van der Waals surface area contributed by atoms with E-state index in [-0.39, 0.29) is 23.6 Å². The first-order valence-electron chi connectivity index (χ1n) is 8.56. The van der Waals surface area contributed by atoms with Crippen LogP contribution in [-0.2, 0) is 19.5 Å². The minimum Gasteiger partial charge on any atom is -0.382 e. The maximum absolute atomic E-state index is 13.7. The van der Waals surface area contributed by atoms with Crippen molar-refractivity contribution >= 4 is 11.7 Å². The molecular formula is C20H19F2N5O. The van der Waals surface area contributed by atoms with Gasteiger partial charge < -0.3 is 16.8 Å². The average molecular weight is 383 g/mol. The SMILES string of the molecule is NC(=O)c1nc(Cc2cccc(CNCc3cc(F)ccc3F)c2)cnc1N. The number of aromatic nitrogens is 2. The molecule has 1 aromatic heterocycles. The van der Waals surface area contributed by atoms with Crippen molar-refractivity contribution in [3.05, 3.63) is 88.4 Å². The molecule has 8 heteroatoms. The Labute approximate surface area is 160 Å². The van der Waals surface area contributed by atoms with E-state index in [0.717, 1.165) is 23.3 Å². The van der Waals surface area contributed by atoms with Crippen LogP contribution in [0.3, 0.4) is 0 Å². The third-order valence-corrected chi connectivity index (χ3v) is 4.11. The molecule has 0 atom stereocenters. The Morgan fingerprint density at radius 1 is 1.07 bits per heavy atom. The predicted octanol–water partition coefficient (Wildman–Crippen LogP) is 2.32. The number of nitrogens with two attached hydrogens (primary N) is 2. The van der Waals surface area contributed by atoms with Gasteiger partial charge in [-0.1, -0.05) is 24.3 Å². The Kier molecular flexibility index (Phi) is 5.90. The normalized spacial score (nSPS) is 10.8. The van der Waals surface area contributed by atoms with Gasteiger partial charge in [0.1, 0.15) is 11.6 Å². The molecule has 6 nitrogen and oxygen atoms in total. The third-order valence-electron chi connectivity index (χ3n) is 4.11. The monoisotopic (exact) mass is 383 g/mol. The van der Waals surface area contributed by atoms with Crippen LogP contribution < -0.4 is 16.8 Å². The summed E-state index contributed by atoms with van der Waals surface area (Å²) in [7, 11) is 0. The number of rotatable bonds is 7. The summed E-state index contributed by atoms with van der Waals surface area (Å²) in [6.07, 6.45) is 1.94. The molecule has 0 saturated carbocycles. The van der Waals surface area contributed by atoms with Crippen molar-refractivity contribution < 1.29 is 13.6 Å². The molecule has 144 valence electrons. The molecule has 0 radical (unpaired) electrons. The highest BCUT2D eigenvalue weighted by molar-refractivity contribution is 5.94. The summed E-state index contributed by atoms with van der Waals surface area (Å²) >= 11 is 0. The van der Waals surface area contributed by atoms with E-state index < -0.39 is 17.5 Å². The fourth-order valence-corrected chi connectivity index (χ4v) is 2.78. The molecular weight excluding hydrogens is 364 g/mol. The highest BCUT2D eigenvalue weighted by atomic mass is 19.1. The molecule has 0 fully saturated rings. The summed E-state index contributed by atoms with van der Waals surface area (Å²) in [6, 6.07) is 11.0. The van der Waals surface area contributed by atoms with Crippen molar-refractivity contribution in [3.8, 4) is 0 Å². The van der Waals surface area contributed by atoms with E-state index in [1.165, 1.54) is 12.3 Å². The summed E-state index contributed by atoms with van der Waals surface area (Å²) in [5.74, 6) is -1.65. The molecule has 1 heterocycles. The summed E-state index contributed by atoms with van der Waals surface area (Å²) in [6.45, 7) is 0.684. The molecule has 2 aromatic carbocycles. The number of nitrogen functional groups attached to an aromatic ring is 1. The highest BCUT2D eigenvalue weighted by Crippen LogP contribution is 2.13. The maximum Gasteiger partial charge on any atom is 0.271 e. The van der Waals surface area contributed by atoms with E-state index in [0.29, 0.717) is 18.7 Å². The number of primary amides is 1. The standard InChI is InChI=1S/C20H19F2N5O/c21-15-4-5-17(22)14(8-15)10-25-9-13-3-1-2-12(6-13)7-16-11-26-19(23)18(27-16)20(24)28/h1-6,8,11,25H,7,9-10H2,(H2,23,26)(H2,24,28). The van der Waals surface area contributed by atoms with Gasteiger partial charge in [-0.3, -0.25) is 4.79 Å². The summed E-state index contributed by atoms with van der Waals surface area (Å²) in [4.78, 5) is 19.5. The Hall–Kier alpha value is -3.39. The molecule has 3 rings (SSSR count). The Balaban J connectivity index is 1.65. The van der Waals surface area contributed by atoms with Gasteiger partial charge in [0.05, 0.1) is 11.9 Å². The van der Waals surface area contributed by atoms with Crippen LogP contribution in [0.4, 0.5) is 14.6 Å². The number of amides is 1. The zero-order valence-corrected chi connectivity index (χ0v) is 15.0. The molecule has 0 aliphatic rings. The van der Waals surface area contributed by atoms with Gasteiger partial charge in [0, 0.05) is 25.1 Å². The van der Waals surface area contributed by atoms with Crippen molar-refractivity contribution in [1.82, 2.24) is 15.3 Å². The van der Waals surface area contributed by atoms with Crippen LogP contribution in [0.15, 0.2) is 48.7 Å². The lowest BCUT2D eigenvalue weighted by Gasteiger charge is -2.09. The van der Waals surface area contributed by atoms with Crippen molar-refractivity contribution in [2.75, 3.05) is 5.73 Å². The van der Waals surface area contributed by atoms with Crippen LogP contribution in [-0.4, -0.2) is 15.9 Å². The average Bonchev–Trinajstić information content (AvgIpc) is 2.66. The topological polar surface area (TPSA) is 107 Å². The van der Waals surface area contributed by atoms with Crippen LogP contribution in [0.2, 0.25) is 0 Å². The molecule has 1 amide bonds. The van der Waals surface area contributed by atoms with Gasteiger partial charge in [-0.2, -0.15) is 0 Å². The number of benzene rings is 2. The number of carbonyl (C=O) groups excluding carboxylic acids is 1. The first-order valence-corrected chi connectivity index (χ1v) is 8.56. The second-order valence-corrected chi connectivity index (χ2v) is 6.30. The fraction of sp³-hybridized carbons (Fsp3) is 0.150. The number of nitrogens with one attached hydrogen (secondary N) is 1. The second-order valence-electron chi connectivity index (χ2n) is 6.30. The van der Waals surface area contributed by atoms with Crippen molar-refractivity contribution in [2.45, 2.75) is 19.5 Å². The van der Waals surface area contributed by atoms with Crippen LogP contribution >= 0.6 is 0 Å². The zero-order chi connectivity index (χ0) is 20.1. The maximum atomic E-state index is 13.7. The number of halogens is 2. The predicted molar refractivity (Wildman–Crippen MR) is 101 cm³/mol. The van der Waals surface area contributed by atoms with Crippen LogP contribution in [0, 0.1) is 11.6 Å². The molecule has 28 heavy (non-hydrogen) atoms. The first-order chi connectivity index (χ1) is 13.4. The second kappa shape index (κ2) is 8.53. The van der Waals surface area contributed by atoms with Gasteiger partial charge >= 0.3 is 0 Å². The lowest BCUT2D eigenvalue weighted by molar-refractivity contribution is 0.0996. The van der Waals surface area contributed by atoms with E-state index in [9.17, 15) is 13.6 Å². The summed E-state index contributed by atoms with van der Waals surface area (Å²) in [5.41, 5.74) is 13.5. The summed E-state index contributed by atoms with van der Waals surface area (Å²) < 4.78 is 26.9. The van der Waals surface area contributed by atoms with E-state index in [4.69, 9.17) is 11.5 Å². The van der Waals surface area contributed by atoms with Gasteiger partial charge in [0.25, 0.3) is 5.91 Å². The number of nitrogens with zero attached hydrogens (tertiary/aromatic N) is 2. The number of carbonyl (C=O) groups is 1. The molecule has 0 unspecified atom stereocenters. The summed E-state index contributed by atoms with van der Waals surface area (Å²) in [5, 5.41) is 3.10. The van der Waals surface area contributed by atoms with Gasteiger partial charge in [0.2, 0.25) is 0 Å². The van der Waals surface area contributed by atoms with Crippen LogP contribution in [0.5, 0.6) is 0 Å². The van der Waals surface area contributed by atoms with E-state index >= 15 is 0 Å². The number of hydrogen-bond donors (Lipinski definition) is 3. The van der Waals surface area contributed by atoms with Crippen molar-refractivity contribution in [3.63, 3.8) is 0 Å². The molecule has 0 saturated heterocycles. The molecule has 0 aliphatic carbocycles. The molecule has 0 bridgehead atoms. The minimum atomic E-state index is -0.727. The molecule has 5 N–H and O–H groups in total. The molecule has 0 aliphatic heterocycles. The van der Waals surface area contributed by atoms with E-state index in [2.05, 4.69) is 15.3 Å². The number of anilines is 1.